The molecule has 1 aliphatic rings. The van der Waals surface area contributed by atoms with E-state index in [2.05, 4.69) is 48.5 Å². The molecular formula is C26H22O2. The van der Waals surface area contributed by atoms with Crippen LogP contribution in [0.3, 0.4) is 0 Å². The van der Waals surface area contributed by atoms with Gasteiger partial charge in [0, 0.05) is 12.0 Å². The summed E-state index contributed by atoms with van der Waals surface area (Å²) in [6.07, 6.45) is 3.41. The molecule has 1 aliphatic carbocycles. The Hall–Kier alpha value is -3.39. The fraction of sp³-hybridized carbons (Fsp3) is 0.115. The van der Waals surface area contributed by atoms with E-state index >= 15 is 0 Å². The largest absolute Gasteiger partial charge is 0.457 e. The fourth-order valence-electron chi connectivity index (χ4n) is 3.57. The minimum Gasteiger partial charge on any atom is -0.457 e. The summed E-state index contributed by atoms with van der Waals surface area (Å²) in [4.78, 5) is 12.5. The Morgan fingerprint density at radius 3 is 1.86 bits per heavy atom. The van der Waals surface area contributed by atoms with E-state index in [1.807, 2.05) is 48.5 Å². The lowest BCUT2D eigenvalue weighted by Crippen LogP contribution is -2.07. The standard InChI is InChI=1S/C26H22O2/c27-26(28-19-20-10-4-1-5-11-20)24-17-16-23(18-24)25(21-12-6-2-7-13-21)22-14-8-3-9-15-22/h1-15,17H,16,18-19H2. The van der Waals surface area contributed by atoms with Gasteiger partial charge < -0.3 is 4.74 Å². The summed E-state index contributed by atoms with van der Waals surface area (Å²) in [5.41, 5.74) is 6.56. The first-order valence-electron chi connectivity index (χ1n) is 9.54. The molecule has 0 radical (unpaired) electrons. The number of hydrogen-bond donors (Lipinski definition) is 0. The van der Waals surface area contributed by atoms with E-state index in [9.17, 15) is 4.79 Å². The van der Waals surface area contributed by atoms with Crippen molar-refractivity contribution in [2.45, 2.75) is 19.4 Å². The lowest BCUT2D eigenvalue weighted by atomic mass is 9.91. The maximum atomic E-state index is 12.5. The van der Waals surface area contributed by atoms with Crippen LogP contribution in [0.2, 0.25) is 0 Å². The van der Waals surface area contributed by atoms with E-state index in [-0.39, 0.29) is 5.97 Å². The van der Waals surface area contributed by atoms with Crippen molar-refractivity contribution in [3.63, 3.8) is 0 Å². The van der Waals surface area contributed by atoms with Gasteiger partial charge in [-0.3, -0.25) is 0 Å². The molecular weight excluding hydrogens is 344 g/mol. The van der Waals surface area contributed by atoms with Crippen molar-refractivity contribution in [3.05, 3.63) is 125 Å². The average Bonchev–Trinajstić information content (AvgIpc) is 3.24. The maximum Gasteiger partial charge on any atom is 0.334 e. The highest BCUT2D eigenvalue weighted by atomic mass is 16.5. The third-order valence-corrected chi connectivity index (χ3v) is 4.95. The molecule has 3 aromatic rings. The molecule has 28 heavy (non-hydrogen) atoms. The van der Waals surface area contributed by atoms with Gasteiger partial charge in [-0.15, -0.1) is 0 Å². The lowest BCUT2D eigenvalue weighted by Gasteiger charge is -2.13. The third-order valence-electron chi connectivity index (χ3n) is 4.95. The van der Waals surface area contributed by atoms with Crippen LogP contribution in [-0.4, -0.2) is 5.97 Å². The summed E-state index contributed by atoms with van der Waals surface area (Å²) >= 11 is 0. The van der Waals surface area contributed by atoms with Crippen molar-refractivity contribution in [2.75, 3.05) is 0 Å². The highest BCUT2D eigenvalue weighted by Crippen LogP contribution is 2.36. The second kappa shape index (κ2) is 8.53. The monoisotopic (exact) mass is 366 g/mol. The second-order valence-corrected chi connectivity index (χ2v) is 6.88. The van der Waals surface area contributed by atoms with Gasteiger partial charge >= 0.3 is 5.97 Å². The lowest BCUT2D eigenvalue weighted by molar-refractivity contribution is -0.140. The van der Waals surface area contributed by atoms with Crippen LogP contribution in [0.4, 0.5) is 0 Å². The number of carbonyl (C=O) groups excluding carboxylic acids is 1. The van der Waals surface area contributed by atoms with E-state index in [4.69, 9.17) is 4.74 Å². The van der Waals surface area contributed by atoms with Gasteiger partial charge in [0.15, 0.2) is 0 Å². The normalized spacial score (nSPS) is 13.1. The molecule has 0 amide bonds. The molecule has 0 aliphatic heterocycles. The zero-order valence-electron chi connectivity index (χ0n) is 15.7. The van der Waals surface area contributed by atoms with E-state index in [1.54, 1.807) is 0 Å². The number of allylic oxidation sites excluding steroid dienone is 2. The van der Waals surface area contributed by atoms with Gasteiger partial charge in [0.2, 0.25) is 0 Å². The Labute approximate surface area is 165 Å². The Balaban J connectivity index is 1.55. The fourth-order valence-corrected chi connectivity index (χ4v) is 3.57. The Kier molecular flexibility index (Phi) is 5.48. The second-order valence-electron chi connectivity index (χ2n) is 6.88. The Morgan fingerprint density at radius 1 is 0.750 bits per heavy atom. The van der Waals surface area contributed by atoms with Crippen molar-refractivity contribution in [2.24, 2.45) is 0 Å². The van der Waals surface area contributed by atoms with Crippen LogP contribution in [-0.2, 0) is 16.1 Å². The highest BCUT2D eigenvalue weighted by Gasteiger charge is 2.22. The zero-order chi connectivity index (χ0) is 19.2. The summed E-state index contributed by atoms with van der Waals surface area (Å²) in [5, 5.41) is 0. The predicted octanol–water partition coefficient (Wildman–Crippen LogP) is 5.95. The van der Waals surface area contributed by atoms with E-state index in [1.165, 1.54) is 22.3 Å². The van der Waals surface area contributed by atoms with Gasteiger partial charge in [-0.25, -0.2) is 4.79 Å². The van der Waals surface area contributed by atoms with E-state index in [0.717, 1.165) is 17.6 Å². The van der Waals surface area contributed by atoms with Gasteiger partial charge in [-0.05, 0) is 28.7 Å². The van der Waals surface area contributed by atoms with Crippen LogP contribution >= 0.6 is 0 Å². The molecule has 0 spiro atoms. The third kappa shape index (κ3) is 4.12. The SMILES string of the molecule is O=C(OCc1ccccc1)C1=CCC(=C(c2ccccc2)c2ccccc2)C1. The van der Waals surface area contributed by atoms with Crippen molar-refractivity contribution in [1.82, 2.24) is 0 Å². The molecule has 0 bridgehead atoms. The van der Waals surface area contributed by atoms with Crippen LogP contribution in [0.25, 0.3) is 5.57 Å². The molecule has 0 heterocycles. The molecule has 0 fully saturated rings. The van der Waals surface area contributed by atoms with Crippen molar-refractivity contribution in [3.8, 4) is 0 Å². The number of ether oxygens (including phenoxy) is 1. The number of esters is 1. The first-order valence-corrected chi connectivity index (χ1v) is 9.54. The summed E-state index contributed by atoms with van der Waals surface area (Å²) in [5.74, 6) is -0.223. The Bertz CT molecular complexity index is 959. The van der Waals surface area contributed by atoms with Gasteiger partial charge in [0.1, 0.15) is 6.61 Å². The highest BCUT2D eigenvalue weighted by molar-refractivity contribution is 5.92. The molecule has 0 saturated carbocycles. The quantitative estimate of drug-likeness (QED) is 0.521. The van der Waals surface area contributed by atoms with E-state index < -0.39 is 0 Å². The predicted molar refractivity (Wildman–Crippen MR) is 112 cm³/mol. The molecule has 0 aromatic heterocycles. The molecule has 0 atom stereocenters. The van der Waals surface area contributed by atoms with Crippen LogP contribution in [0.5, 0.6) is 0 Å². The first-order chi connectivity index (χ1) is 13.8. The number of carbonyl (C=O) groups is 1. The number of rotatable bonds is 5. The summed E-state index contributed by atoms with van der Waals surface area (Å²) in [6, 6.07) is 30.5. The molecule has 3 aromatic carbocycles. The van der Waals surface area contributed by atoms with Crippen molar-refractivity contribution in [1.29, 1.82) is 0 Å². The van der Waals surface area contributed by atoms with Gasteiger partial charge in [0.25, 0.3) is 0 Å². The minimum atomic E-state index is -0.223. The van der Waals surface area contributed by atoms with Crippen molar-refractivity contribution < 1.29 is 9.53 Å². The van der Waals surface area contributed by atoms with Gasteiger partial charge in [0.05, 0.1) is 0 Å². The van der Waals surface area contributed by atoms with Crippen molar-refractivity contribution >= 4 is 11.5 Å². The van der Waals surface area contributed by atoms with Crippen LogP contribution in [0.15, 0.2) is 108 Å². The molecule has 0 N–H and O–H groups in total. The van der Waals surface area contributed by atoms with Crippen LogP contribution < -0.4 is 0 Å². The van der Waals surface area contributed by atoms with E-state index in [0.29, 0.717) is 13.0 Å². The first kappa shape index (κ1) is 18.0. The molecule has 2 heteroatoms. The molecule has 138 valence electrons. The minimum absolute atomic E-state index is 0.223. The van der Waals surface area contributed by atoms with Gasteiger partial charge in [-0.1, -0.05) is 103 Å². The topological polar surface area (TPSA) is 26.3 Å². The molecule has 0 saturated heterocycles. The molecule has 2 nitrogen and oxygen atoms in total. The molecule has 4 rings (SSSR count). The smallest absolute Gasteiger partial charge is 0.334 e. The van der Waals surface area contributed by atoms with Gasteiger partial charge in [-0.2, -0.15) is 0 Å². The number of benzene rings is 3. The summed E-state index contributed by atoms with van der Waals surface area (Å²) < 4.78 is 5.52. The zero-order valence-corrected chi connectivity index (χ0v) is 15.7. The van der Waals surface area contributed by atoms with Crippen LogP contribution in [0, 0.1) is 0 Å². The Morgan fingerprint density at radius 2 is 1.29 bits per heavy atom. The van der Waals surface area contributed by atoms with Crippen LogP contribution in [0.1, 0.15) is 29.5 Å². The summed E-state index contributed by atoms with van der Waals surface area (Å²) in [6.45, 7) is 0.306. The number of hydrogen-bond acceptors (Lipinski definition) is 2. The average molecular weight is 366 g/mol. The maximum absolute atomic E-state index is 12.5. The molecule has 0 unspecified atom stereocenters. The summed E-state index contributed by atoms with van der Waals surface area (Å²) in [7, 11) is 0.